The zero-order valence-corrected chi connectivity index (χ0v) is 17.8. The lowest BCUT2D eigenvalue weighted by atomic mass is 9.85. The van der Waals surface area contributed by atoms with Crippen molar-refractivity contribution in [1.82, 2.24) is 0 Å². The molecule has 4 aromatic rings. The Morgan fingerprint density at radius 3 is 2.41 bits per heavy atom. The van der Waals surface area contributed by atoms with Crippen LogP contribution in [0, 0.1) is 5.82 Å². The van der Waals surface area contributed by atoms with Gasteiger partial charge in [-0.3, -0.25) is 9.59 Å². The summed E-state index contributed by atoms with van der Waals surface area (Å²) in [6, 6.07) is 8.19. The summed E-state index contributed by atoms with van der Waals surface area (Å²) in [4.78, 5) is 25.3. The highest BCUT2D eigenvalue weighted by Gasteiger charge is 2.35. The number of phenolic OH excluding ortho intramolecular Hbond substituents is 3. The summed E-state index contributed by atoms with van der Waals surface area (Å²) in [5, 5.41) is 40.1. The highest BCUT2D eigenvalue weighted by atomic mass is 35.5. The van der Waals surface area contributed by atoms with E-state index in [0.717, 1.165) is 30.3 Å². The van der Waals surface area contributed by atoms with Crippen LogP contribution in [0.5, 0.6) is 28.7 Å². The second-order valence-corrected chi connectivity index (χ2v) is 8.13. The summed E-state index contributed by atoms with van der Waals surface area (Å²) < 4.78 is 24.8. The number of esters is 1. The van der Waals surface area contributed by atoms with Crippen LogP contribution in [0.1, 0.15) is 23.5 Å². The molecule has 0 amide bonds. The number of carbonyl (C=O) groups excluding carboxylic acids is 1. The normalized spacial score (nSPS) is 15.2. The highest BCUT2D eigenvalue weighted by molar-refractivity contribution is 6.31. The molecule has 1 aliphatic rings. The molecule has 0 unspecified atom stereocenters. The van der Waals surface area contributed by atoms with Gasteiger partial charge >= 0.3 is 5.97 Å². The van der Waals surface area contributed by atoms with Crippen molar-refractivity contribution >= 4 is 28.5 Å². The van der Waals surface area contributed by atoms with Gasteiger partial charge < -0.3 is 29.6 Å². The Labute approximate surface area is 194 Å². The second-order valence-electron chi connectivity index (χ2n) is 7.72. The average Bonchev–Trinajstić information content (AvgIpc) is 2.77. The molecule has 1 aliphatic heterocycles. The zero-order chi connectivity index (χ0) is 24.3. The molecule has 3 aromatic carbocycles. The van der Waals surface area contributed by atoms with Crippen molar-refractivity contribution in [1.29, 1.82) is 0 Å². The van der Waals surface area contributed by atoms with Gasteiger partial charge in [-0.2, -0.15) is 0 Å². The number of phenols is 3. The van der Waals surface area contributed by atoms with Crippen LogP contribution in [0.4, 0.5) is 4.39 Å². The van der Waals surface area contributed by atoms with Crippen molar-refractivity contribution in [2.75, 3.05) is 0 Å². The Kier molecular flexibility index (Phi) is 4.87. The maximum Gasteiger partial charge on any atom is 0.312 e. The van der Waals surface area contributed by atoms with Crippen LogP contribution in [0.25, 0.3) is 22.3 Å². The Morgan fingerprint density at radius 1 is 0.941 bits per heavy atom. The summed E-state index contributed by atoms with van der Waals surface area (Å²) in [5.74, 6) is -4.94. The molecule has 0 bridgehead atoms. The number of halogens is 2. The molecule has 0 radical (unpaired) electrons. The minimum atomic E-state index is -0.982. The quantitative estimate of drug-likeness (QED) is 0.185. The zero-order valence-electron chi connectivity index (χ0n) is 17.0. The molecular formula is C24H14ClFO8. The van der Waals surface area contributed by atoms with Crippen LogP contribution in [0.15, 0.2) is 51.7 Å². The van der Waals surface area contributed by atoms with E-state index in [-0.39, 0.29) is 45.0 Å². The Morgan fingerprint density at radius 2 is 1.71 bits per heavy atom. The lowest BCUT2D eigenvalue weighted by molar-refractivity contribution is -0.135. The van der Waals surface area contributed by atoms with E-state index >= 15 is 0 Å². The fourth-order valence-corrected chi connectivity index (χ4v) is 4.39. The molecule has 4 N–H and O–H groups in total. The van der Waals surface area contributed by atoms with Gasteiger partial charge in [-0.1, -0.05) is 17.7 Å². The van der Waals surface area contributed by atoms with E-state index in [4.69, 9.17) is 20.8 Å². The summed E-state index contributed by atoms with van der Waals surface area (Å²) in [6.45, 7) is 0. The summed E-state index contributed by atoms with van der Waals surface area (Å²) >= 11 is 6.25. The van der Waals surface area contributed by atoms with Crippen LogP contribution in [0.2, 0.25) is 5.02 Å². The first-order valence-corrected chi connectivity index (χ1v) is 10.3. The maximum atomic E-state index is 13.7. The standard InChI is InChI=1S/C24H14ClFO8/c25-13-6-10(26)2-3-11(13)12-7-18(30)33-17-8-16(29)20-21(31)22(32)23(34-24(20)19(12)17)9-1-4-14(27)15(28)5-9/h1-6,8,12,27-29,32H,7H2/t12-/m0/s1. The van der Waals surface area contributed by atoms with E-state index < -0.39 is 46.1 Å². The average molecular weight is 485 g/mol. The molecule has 8 nitrogen and oxygen atoms in total. The van der Waals surface area contributed by atoms with Crippen LogP contribution in [0.3, 0.4) is 0 Å². The van der Waals surface area contributed by atoms with Crippen molar-refractivity contribution in [3.8, 4) is 40.1 Å². The molecule has 0 spiro atoms. The molecule has 1 atom stereocenters. The second kappa shape index (κ2) is 7.67. The van der Waals surface area contributed by atoms with Gasteiger partial charge in [0.1, 0.15) is 28.3 Å². The lowest BCUT2D eigenvalue weighted by Gasteiger charge is -2.26. The van der Waals surface area contributed by atoms with Gasteiger partial charge in [0.05, 0.1) is 6.42 Å². The van der Waals surface area contributed by atoms with E-state index in [0.29, 0.717) is 5.56 Å². The van der Waals surface area contributed by atoms with Gasteiger partial charge in [0.2, 0.25) is 11.2 Å². The number of hydrogen-bond donors (Lipinski definition) is 4. The van der Waals surface area contributed by atoms with E-state index in [2.05, 4.69) is 0 Å². The molecule has 34 heavy (non-hydrogen) atoms. The van der Waals surface area contributed by atoms with Gasteiger partial charge in [0.15, 0.2) is 17.3 Å². The third-order valence-electron chi connectivity index (χ3n) is 5.64. The number of hydrogen-bond acceptors (Lipinski definition) is 8. The van der Waals surface area contributed by atoms with E-state index in [1.807, 2.05) is 0 Å². The van der Waals surface area contributed by atoms with Crippen molar-refractivity contribution in [3.63, 3.8) is 0 Å². The van der Waals surface area contributed by atoms with Gasteiger partial charge in [-0.25, -0.2) is 4.39 Å². The smallest absolute Gasteiger partial charge is 0.312 e. The van der Waals surface area contributed by atoms with E-state index in [1.165, 1.54) is 12.1 Å². The molecule has 10 heteroatoms. The molecule has 2 heterocycles. The lowest BCUT2D eigenvalue weighted by Crippen LogP contribution is -2.22. The first kappa shape index (κ1) is 21.6. The molecular weight excluding hydrogens is 471 g/mol. The summed E-state index contributed by atoms with van der Waals surface area (Å²) in [7, 11) is 0. The first-order chi connectivity index (χ1) is 16.2. The van der Waals surface area contributed by atoms with E-state index in [1.54, 1.807) is 0 Å². The minimum absolute atomic E-state index is 0.0247. The predicted molar refractivity (Wildman–Crippen MR) is 118 cm³/mol. The Hall–Kier alpha value is -4.24. The Bertz CT molecular complexity index is 1580. The fourth-order valence-electron chi connectivity index (χ4n) is 4.09. The highest BCUT2D eigenvalue weighted by Crippen LogP contribution is 2.48. The third kappa shape index (κ3) is 3.29. The van der Waals surface area contributed by atoms with Crippen LogP contribution >= 0.6 is 11.6 Å². The molecule has 0 saturated carbocycles. The first-order valence-electron chi connectivity index (χ1n) is 9.89. The van der Waals surface area contributed by atoms with Crippen molar-refractivity contribution in [3.05, 3.63) is 74.7 Å². The SMILES string of the molecule is O=C1C[C@@H](c2ccc(F)cc2Cl)c2c(cc(O)c3c(=O)c(O)c(-c4ccc(O)c(O)c4)oc23)O1. The van der Waals surface area contributed by atoms with Crippen molar-refractivity contribution < 1.29 is 38.8 Å². The van der Waals surface area contributed by atoms with Gasteiger partial charge in [0.25, 0.3) is 0 Å². The van der Waals surface area contributed by atoms with Crippen LogP contribution in [-0.2, 0) is 4.79 Å². The number of carbonyl (C=O) groups is 1. The van der Waals surface area contributed by atoms with E-state index in [9.17, 15) is 34.4 Å². The predicted octanol–water partition coefficient (Wildman–Crippen LogP) is 4.52. The van der Waals surface area contributed by atoms with Crippen LogP contribution in [-0.4, -0.2) is 26.4 Å². The van der Waals surface area contributed by atoms with Gasteiger partial charge in [-0.15, -0.1) is 0 Å². The molecule has 0 fully saturated rings. The van der Waals surface area contributed by atoms with Gasteiger partial charge in [0, 0.05) is 28.1 Å². The number of benzene rings is 3. The molecule has 0 saturated heterocycles. The third-order valence-corrected chi connectivity index (χ3v) is 5.97. The van der Waals surface area contributed by atoms with Gasteiger partial charge in [-0.05, 0) is 35.9 Å². The number of fused-ring (bicyclic) bond motifs is 3. The van der Waals surface area contributed by atoms with Crippen LogP contribution < -0.4 is 10.2 Å². The summed E-state index contributed by atoms with van der Waals surface area (Å²) in [5.41, 5.74) is -0.592. The van der Waals surface area contributed by atoms with Crippen molar-refractivity contribution in [2.24, 2.45) is 0 Å². The molecule has 1 aromatic heterocycles. The molecule has 0 aliphatic carbocycles. The maximum absolute atomic E-state index is 13.7. The largest absolute Gasteiger partial charge is 0.507 e. The summed E-state index contributed by atoms with van der Waals surface area (Å²) in [6.07, 6.45) is -0.224. The molecule has 5 rings (SSSR count). The number of rotatable bonds is 2. The topological polar surface area (TPSA) is 137 Å². The Balaban J connectivity index is 1.87. The molecule has 172 valence electrons. The minimum Gasteiger partial charge on any atom is -0.507 e. The number of ether oxygens (including phenoxy) is 1. The number of aromatic hydroxyl groups is 4. The van der Waals surface area contributed by atoms with Crippen molar-refractivity contribution in [2.45, 2.75) is 12.3 Å². The fraction of sp³-hybridized carbons (Fsp3) is 0.0833. The monoisotopic (exact) mass is 484 g/mol.